The number of allylic oxidation sites excluding steroid dienone is 1. The van der Waals surface area contributed by atoms with Crippen LogP contribution in [0.5, 0.6) is 17.4 Å². The van der Waals surface area contributed by atoms with E-state index in [9.17, 15) is 40.8 Å². The van der Waals surface area contributed by atoms with Crippen molar-refractivity contribution in [2.24, 2.45) is 17.8 Å². The van der Waals surface area contributed by atoms with Gasteiger partial charge in [0.1, 0.15) is 35.2 Å². The second-order valence-corrected chi connectivity index (χ2v) is 19.2. The van der Waals surface area contributed by atoms with Gasteiger partial charge in [-0.05, 0) is 89.3 Å². The van der Waals surface area contributed by atoms with Gasteiger partial charge in [-0.1, -0.05) is 26.0 Å². The fourth-order valence-electron chi connectivity index (χ4n) is 7.75. The summed E-state index contributed by atoms with van der Waals surface area (Å²) in [7, 11) is -1.10. The van der Waals surface area contributed by atoms with E-state index in [0.29, 0.717) is 68.2 Å². The summed E-state index contributed by atoms with van der Waals surface area (Å²) in [5, 5.41) is 6.29. The maximum atomic E-state index is 14.8. The molecular weight excluding hydrogens is 800 g/mol. The summed E-state index contributed by atoms with van der Waals surface area (Å²) in [6, 6.07) is 2.34. The molecule has 2 saturated carbocycles. The smallest absolute Gasteiger partial charge is 0.427 e. The summed E-state index contributed by atoms with van der Waals surface area (Å²) in [6.45, 7) is 6.29. The third-order valence-electron chi connectivity index (χ3n) is 12.1. The lowest BCUT2D eigenvalue weighted by molar-refractivity contribution is -0.244. The van der Waals surface area contributed by atoms with Crippen molar-refractivity contribution in [1.82, 2.24) is 25.2 Å². The van der Waals surface area contributed by atoms with E-state index in [0.717, 1.165) is 0 Å². The van der Waals surface area contributed by atoms with Crippen molar-refractivity contribution >= 4 is 44.6 Å². The van der Waals surface area contributed by atoms with Gasteiger partial charge in [-0.15, -0.1) is 0 Å². The number of halogens is 3. The molecule has 3 fully saturated rings. The Labute approximate surface area is 341 Å². The van der Waals surface area contributed by atoms with Gasteiger partial charge in [0.2, 0.25) is 33.3 Å². The Balaban J connectivity index is 1.36. The fourth-order valence-corrected chi connectivity index (χ4v) is 9.07. The van der Waals surface area contributed by atoms with Gasteiger partial charge < -0.3 is 34.5 Å². The topological polar surface area (TPSA) is 192 Å². The molecule has 0 bridgehead atoms. The van der Waals surface area contributed by atoms with E-state index >= 15 is 0 Å². The van der Waals surface area contributed by atoms with Crippen molar-refractivity contribution in [3.8, 4) is 17.4 Å². The van der Waals surface area contributed by atoms with Crippen LogP contribution in [0, 0.1) is 17.8 Å². The zero-order valence-corrected chi connectivity index (χ0v) is 34.9. The highest BCUT2D eigenvalue weighted by Crippen LogP contribution is 2.48. The molecule has 19 heteroatoms. The number of nitrogens with zero attached hydrogens (tertiary/aromatic N) is 2. The van der Waals surface area contributed by atoms with Crippen molar-refractivity contribution in [2.45, 2.75) is 120 Å². The number of benzene rings is 1. The summed E-state index contributed by atoms with van der Waals surface area (Å²) in [5.74, 6) is -2.65. The predicted octanol–water partition coefficient (Wildman–Crippen LogP) is 4.92. The average Bonchev–Trinajstić information content (AvgIpc) is 4.04. The van der Waals surface area contributed by atoms with E-state index in [1.54, 1.807) is 31.2 Å². The zero-order chi connectivity index (χ0) is 43.3. The van der Waals surface area contributed by atoms with E-state index in [4.69, 9.17) is 18.9 Å². The second kappa shape index (κ2) is 16.0. The molecule has 59 heavy (non-hydrogen) atoms. The van der Waals surface area contributed by atoms with Gasteiger partial charge in [-0.25, -0.2) is 18.2 Å². The molecule has 2 aliphatic heterocycles. The van der Waals surface area contributed by atoms with Crippen molar-refractivity contribution in [2.75, 3.05) is 20.8 Å². The number of methoxy groups -OCH3 is 2. The SMILES string of the molecule is COc1ccc2c(O[C@@H]3C[C@H]4C(=O)N[C@]5(C(=O)NS(=O)(=O)C6(C)CC6)C[C@H]5C=CCC[C@@H](C)C[C@@H](C)[C@H](NC(=O)OC(C)(C)C(F)(F)F)C(=O)N4C3)ncc(OC)c2c1. The van der Waals surface area contributed by atoms with E-state index in [1.807, 2.05) is 13.0 Å². The first-order valence-corrected chi connectivity index (χ1v) is 21.1. The van der Waals surface area contributed by atoms with Crippen molar-refractivity contribution < 1.29 is 59.7 Å². The Bertz CT molecular complexity index is 2130. The van der Waals surface area contributed by atoms with E-state index < -0.39 is 85.9 Å². The number of fused-ring (bicyclic) bond motifs is 3. The number of alkyl halides is 3. The molecule has 324 valence electrons. The Kier molecular flexibility index (Phi) is 11.9. The first kappa shape index (κ1) is 43.8. The maximum absolute atomic E-state index is 14.8. The number of amides is 4. The number of carbonyl (C=O) groups excluding carboxylic acids is 4. The van der Waals surface area contributed by atoms with Crippen LogP contribution in [0.25, 0.3) is 10.8 Å². The number of carbonyl (C=O) groups is 4. The molecule has 2 aliphatic carbocycles. The van der Waals surface area contributed by atoms with Crippen molar-refractivity contribution in [3.63, 3.8) is 0 Å². The highest BCUT2D eigenvalue weighted by Gasteiger charge is 2.63. The Morgan fingerprint density at radius 1 is 1.05 bits per heavy atom. The minimum absolute atomic E-state index is 0.0468. The molecule has 0 unspecified atom stereocenters. The summed E-state index contributed by atoms with van der Waals surface area (Å²) in [6.07, 6.45) is -0.0235. The molecule has 0 spiro atoms. The van der Waals surface area contributed by atoms with Crippen LogP contribution in [-0.2, 0) is 29.1 Å². The molecule has 1 aromatic carbocycles. The molecule has 7 atom stereocenters. The number of hydrogen-bond acceptors (Lipinski definition) is 11. The van der Waals surface area contributed by atoms with Crippen LogP contribution in [0.1, 0.15) is 79.6 Å². The van der Waals surface area contributed by atoms with Crippen LogP contribution in [-0.4, -0.2) is 103 Å². The van der Waals surface area contributed by atoms with Gasteiger partial charge in [0.15, 0.2) is 0 Å². The average molecular weight is 852 g/mol. The van der Waals surface area contributed by atoms with Crippen LogP contribution < -0.4 is 29.6 Å². The molecule has 1 saturated heterocycles. The van der Waals surface area contributed by atoms with E-state index in [-0.39, 0.29) is 31.2 Å². The minimum Gasteiger partial charge on any atom is -0.497 e. The van der Waals surface area contributed by atoms with E-state index in [2.05, 4.69) is 20.3 Å². The monoisotopic (exact) mass is 851 g/mol. The molecule has 3 N–H and O–H groups in total. The van der Waals surface area contributed by atoms with Crippen LogP contribution in [0.2, 0.25) is 0 Å². The minimum atomic E-state index is -4.92. The van der Waals surface area contributed by atoms with Crippen molar-refractivity contribution in [3.05, 3.63) is 36.5 Å². The standard InChI is InChI=1S/C40H52F3N5O10S/c1-22-10-8-9-11-24-19-39(24,35(51)47-59(53,54)38(5)14-15-38)46-32(49)29-18-26(57-33-27-13-12-25(55-6)17-28(27)30(56-7)20-44-33)21-48(29)34(50)31(23(2)16-22)45-36(52)58-37(3,4)40(41,42)43/h9,11-13,17,20,22-24,26,29,31H,8,10,14-16,18-19,21H2,1-7H3,(H,45,52)(H,46,49)(H,47,51)/t22-,23-,24-,26-,29+,31+,39-/m1/s1. The second-order valence-electron chi connectivity index (χ2n) is 17.0. The maximum Gasteiger partial charge on any atom is 0.427 e. The number of nitrogens with one attached hydrogen (secondary N) is 3. The molecule has 4 amide bonds. The third kappa shape index (κ3) is 8.89. The molecule has 1 aromatic heterocycles. The quantitative estimate of drug-likeness (QED) is 0.290. The summed E-state index contributed by atoms with van der Waals surface area (Å²) >= 11 is 0. The Morgan fingerprint density at radius 2 is 1.76 bits per heavy atom. The summed E-state index contributed by atoms with van der Waals surface area (Å²) in [4.78, 5) is 62.0. The van der Waals surface area contributed by atoms with Gasteiger partial charge in [-0.2, -0.15) is 13.2 Å². The number of alkyl carbamates (subject to hydrolysis) is 1. The molecule has 6 rings (SSSR count). The molecule has 3 heterocycles. The number of hydrogen-bond donors (Lipinski definition) is 3. The lowest BCUT2D eigenvalue weighted by atomic mass is 9.88. The lowest BCUT2D eigenvalue weighted by Crippen LogP contribution is -2.59. The molecular formula is C40H52F3N5O10S. The lowest BCUT2D eigenvalue weighted by Gasteiger charge is -2.34. The Hall–Kier alpha value is -4.81. The van der Waals surface area contributed by atoms with Crippen molar-refractivity contribution in [1.29, 1.82) is 0 Å². The Morgan fingerprint density at radius 3 is 2.41 bits per heavy atom. The molecule has 0 radical (unpaired) electrons. The molecule has 4 aliphatic rings. The summed E-state index contributed by atoms with van der Waals surface area (Å²) in [5.41, 5.74) is -4.55. The number of rotatable bonds is 9. The van der Waals surface area contributed by atoms with Crippen LogP contribution in [0.4, 0.5) is 18.0 Å². The van der Waals surface area contributed by atoms with Crippen LogP contribution in [0.3, 0.4) is 0 Å². The first-order valence-electron chi connectivity index (χ1n) is 19.6. The summed E-state index contributed by atoms with van der Waals surface area (Å²) < 4.78 is 90.8. The van der Waals surface area contributed by atoms with Gasteiger partial charge in [0, 0.05) is 23.1 Å². The fraction of sp³-hybridized carbons (Fsp3) is 0.625. The van der Waals surface area contributed by atoms with E-state index in [1.165, 1.54) is 32.2 Å². The van der Waals surface area contributed by atoms with Crippen LogP contribution in [0.15, 0.2) is 36.5 Å². The third-order valence-corrected chi connectivity index (χ3v) is 14.2. The zero-order valence-electron chi connectivity index (χ0n) is 34.1. The number of pyridine rings is 1. The van der Waals surface area contributed by atoms with Gasteiger partial charge in [0.25, 0.3) is 5.91 Å². The number of ether oxygens (including phenoxy) is 4. The van der Waals surface area contributed by atoms with Gasteiger partial charge in [-0.3, -0.25) is 19.1 Å². The van der Waals surface area contributed by atoms with Crippen LogP contribution >= 0.6 is 0 Å². The van der Waals surface area contributed by atoms with Gasteiger partial charge >= 0.3 is 12.3 Å². The number of aromatic nitrogens is 1. The predicted molar refractivity (Wildman–Crippen MR) is 208 cm³/mol. The molecule has 2 aromatic rings. The highest BCUT2D eigenvalue weighted by atomic mass is 32.2. The highest BCUT2D eigenvalue weighted by molar-refractivity contribution is 7.91. The molecule has 15 nitrogen and oxygen atoms in total. The largest absolute Gasteiger partial charge is 0.497 e. The normalized spacial score (nSPS) is 28.5. The van der Waals surface area contributed by atoms with Gasteiger partial charge in [0.05, 0.1) is 31.7 Å². The number of sulfonamides is 1. The first-order chi connectivity index (χ1) is 27.5.